The maximum Gasteiger partial charge on any atom is 0.0408 e. The van der Waals surface area contributed by atoms with Crippen molar-refractivity contribution in [1.29, 1.82) is 0 Å². The Morgan fingerprint density at radius 3 is 1.14 bits per heavy atom. The van der Waals surface area contributed by atoms with E-state index in [1.165, 1.54) is 22.5 Å². The van der Waals surface area contributed by atoms with E-state index in [1.807, 2.05) is 72.8 Å². The number of hydrogen-bond acceptors (Lipinski definition) is 1. The number of allylic oxidation sites excluding steroid dienone is 5. The van der Waals surface area contributed by atoms with Crippen LogP contribution in [-0.2, 0) is 0 Å². The van der Waals surface area contributed by atoms with Gasteiger partial charge in [0.05, 0.1) is 0 Å². The molecule has 0 radical (unpaired) electrons. The topological polar surface area (TPSA) is 3.24 Å². The molecule has 0 N–H and O–H groups in total. The second-order valence-corrected chi connectivity index (χ2v) is 8.13. The van der Waals surface area contributed by atoms with Gasteiger partial charge in [0.2, 0.25) is 0 Å². The molecule has 1 aliphatic carbocycles. The summed E-state index contributed by atoms with van der Waals surface area (Å²) in [6.07, 6.45) is 13.0. The SMILES string of the molecule is C1=C/C=C\C/C=C\C=1.CN(c1ccccc1)c1ccccc1.Cc1ccccc1.Cc1ccccc1. The standard InChI is InChI=1S/C13H13N.C8H8.2C7H8/c1-14(12-8-4-2-5-9-12)13-10-6-3-7-11-13;1-2-4-6-8-7-5-3-1;2*1-7-5-3-2-4-6-7/h2-11H,1H3;1-3,6-8H,4H2;2*2-6H,1H3/b;2-1-,8-6-;;. The average molecular weight is 472 g/mol. The summed E-state index contributed by atoms with van der Waals surface area (Å²) in [5.41, 5.74) is 8.02. The molecule has 0 saturated heterocycles. The lowest BCUT2D eigenvalue weighted by molar-refractivity contribution is 1.21. The van der Waals surface area contributed by atoms with Crippen molar-refractivity contribution in [2.45, 2.75) is 20.3 Å². The fourth-order valence-corrected chi connectivity index (χ4v) is 3.06. The first-order valence-corrected chi connectivity index (χ1v) is 12.3. The molecule has 36 heavy (non-hydrogen) atoms. The Kier molecular flexibility index (Phi) is 14.0. The minimum Gasteiger partial charge on any atom is -0.345 e. The zero-order chi connectivity index (χ0) is 25.7. The number of benzene rings is 4. The van der Waals surface area contributed by atoms with Crippen molar-refractivity contribution >= 4 is 11.4 Å². The average Bonchev–Trinajstić information content (AvgIpc) is 2.91. The number of rotatable bonds is 2. The first-order chi connectivity index (χ1) is 17.7. The van der Waals surface area contributed by atoms with E-state index in [-0.39, 0.29) is 0 Å². The molecule has 4 aromatic carbocycles. The Labute approximate surface area is 218 Å². The van der Waals surface area contributed by atoms with Crippen molar-refractivity contribution in [2.75, 3.05) is 11.9 Å². The van der Waals surface area contributed by atoms with Crippen LogP contribution in [0.5, 0.6) is 0 Å². The molecule has 0 atom stereocenters. The van der Waals surface area contributed by atoms with Crippen molar-refractivity contribution < 1.29 is 0 Å². The van der Waals surface area contributed by atoms with Crippen LogP contribution in [0.4, 0.5) is 11.4 Å². The third-order valence-corrected chi connectivity index (χ3v) is 5.10. The van der Waals surface area contributed by atoms with Crippen molar-refractivity contribution in [3.63, 3.8) is 0 Å². The quantitative estimate of drug-likeness (QED) is 0.263. The fraction of sp³-hybridized carbons (Fsp3) is 0.114. The summed E-state index contributed by atoms with van der Waals surface area (Å²) in [7, 11) is 2.07. The maximum atomic E-state index is 2.96. The van der Waals surface area contributed by atoms with Gasteiger partial charge in [-0.25, -0.2) is 0 Å². The number of hydrogen-bond donors (Lipinski definition) is 0. The van der Waals surface area contributed by atoms with E-state index >= 15 is 0 Å². The summed E-state index contributed by atoms with van der Waals surface area (Å²) < 4.78 is 0. The van der Waals surface area contributed by atoms with E-state index in [9.17, 15) is 0 Å². The lowest BCUT2D eigenvalue weighted by Crippen LogP contribution is -2.08. The normalized spacial score (nSPS) is 12.5. The lowest BCUT2D eigenvalue weighted by Gasteiger charge is -2.18. The third-order valence-electron chi connectivity index (χ3n) is 5.10. The second-order valence-electron chi connectivity index (χ2n) is 8.13. The molecule has 1 aliphatic rings. The zero-order valence-electron chi connectivity index (χ0n) is 21.7. The van der Waals surface area contributed by atoms with Crippen LogP contribution in [0.2, 0.25) is 0 Å². The molecule has 0 bridgehead atoms. The smallest absolute Gasteiger partial charge is 0.0408 e. The summed E-state index contributed by atoms with van der Waals surface area (Å²) in [5.74, 6) is 0. The summed E-state index contributed by atoms with van der Waals surface area (Å²) in [4.78, 5) is 2.17. The molecule has 1 heteroatoms. The van der Waals surface area contributed by atoms with Crippen LogP contribution < -0.4 is 4.90 Å². The van der Waals surface area contributed by atoms with Crippen LogP contribution in [0.3, 0.4) is 0 Å². The van der Waals surface area contributed by atoms with E-state index in [2.05, 4.69) is 116 Å². The molecule has 4 aromatic rings. The molecule has 5 rings (SSSR count). The molecule has 0 aliphatic heterocycles. The molecule has 0 saturated carbocycles. The molecule has 182 valence electrons. The van der Waals surface area contributed by atoms with Gasteiger partial charge in [0.1, 0.15) is 0 Å². The molecule has 0 heterocycles. The Bertz CT molecular complexity index is 1090. The molecular weight excluding hydrogens is 434 g/mol. The first-order valence-electron chi connectivity index (χ1n) is 12.3. The molecule has 0 amide bonds. The van der Waals surface area contributed by atoms with Crippen LogP contribution in [-0.4, -0.2) is 7.05 Å². The highest BCUT2D eigenvalue weighted by molar-refractivity contribution is 5.61. The van der Waals surface area contributed by atoms with E-state index in [1.54, 1.807) is 0 Å². The van der Waals surface area contributed by atoms with Gasteiger partial charge in [-0.2, -0.15) is 0 Å². The van der Waals surface area contributed by atoms with Crippen LogP contribution in [0.1, 0.15) is 17.5 Å². The predicted molar refractivity (Wildman–Crippen MR) is 159 cm³/mol. The molecule has 0 unspecified atom stereocenters. The lowest BCUT2D eigenvalue weighted by atomic mass is 10.2. The Hall–Kier alpha value is -4.32. The molecule has 0 fully saturated rings. The largest absolute Gasteiger partial charge is 0.345 e. The second kappa shape index (κ2) is 18.1. The number of para-hydroxylation sites is 2. The Morgan fingerprint density at radius 1 is 0.500 bits per heavy atom. The zero-order valence-corrected chi connectivity index (χ0v) is 21.7. The minimum atomic E-state index is 1.04. The van der Waals surface area contributed by atoms with E-state index in [4.69, 9.17) is 0 Å². The summed E-state index contributed by atoms with van der Waals surface area (Å²) in [6, 6.07) is 41.2. The van der Waals surface area contributed by atoms with E-state index in [0.717, 1.165) is 6.42 Å². The first kappa shape index (κ1) is 27.9. The van der Waals surface area contributed by atoms with Gasteiger partial charge in [0.25, 0.3) is 0 Å². The number of nitrogens with zero attached hydrogens (tertiary/aromatic N) is 1. The monoisotopic (exact) mass is 471 g/mol. The van der Waals surface area contributed by atoms with Gasteiger partial charge < -0.3 is 4.90 Å². The number of anilines is 2. The highest BCUT2D eigenvalue weighted by atomic mass is 15.1. The van der Waals surface area contributed by atoms with Crippen molar-refractivity contribution in [1.82, 2.24) is 0 Å². The van der Waals surface area contributed by atoms with Crippen molar-refractivity contribution in [3.05, 3.63) is 175 Å². The Balaban J connectivity index is 0.000000179. The van der Waals surface area contributed by atoms with Gasteiger partial charge in [-0.3, -0.25) is 0 Å². The van der Waals surface area contributed by atoms with Crippen LogP contribution >= 0.6 is 0 Å². The van der Waals surface area contributed by atoms with Crippen LogP contribution in [0.15, 0.2) is 164 Å². The molecular formula is C35H37N. The van der Waals surface area contributed by atoms with E-state index < -0.39 is 0 Å². The maximum absolute atomic E-state index is 2.96. The fourth-order valence-electron chi connectivity index (χ4n) is 3.06. The van der Waals surface area contributed by atoms with Gasteiger partial charge >= 0.3 is 0 Å². The minimum absolute atomic E-state index is 1.04. The Morgan fingerprint density at radius 2 is 0.833 bits per heavy atom. The van der Waals surface area contributed by atoms with Gasteiger partial charge in [-0.15, -0.1) is 5.73 Å². The highest BCUT2D eigenvalue weighted by Gasteiger charge is 2.00. The van der Waals surface area contributed by atoms with E-state index in [0.29, 0.717) is 0 Å². The van der Waals surface area contributed by atoms with Gasteiger partial charge in [0.15, 0.2) is 0 Å². The van der Waals surface area contributed by atoms with Crippen molar-refractivity contribution in [2.24, 2.45) is 0 Å². The third kappa shape index (κ3) is 12.8. The predicted octanol–water partition coefficient (Wildman–Crippen LogP) is 9.66. The van der Waals surface area contributed by atoms with Gasteiger partial charge in [0, 0.05) is 18.4 Å². The van der Waals surface area contributed by atoms with Crippen LogP contribution in [0.25, 0.3) is 0 Å². The molecule has 1 nitrogen and oxygen atoms in total. The van der Waals surface area contributed by atoms with Crippen molar-refractivity contribution in [3.8, 4) is 0 Å². The number of aryl methyl sites for hydroxylation is 2. The van der Waals surface area contributed by atoms with Crippen LogP contribution in [0, 0.1) is 13.8 Å². The summed E-state index contributed by atoms with van der Waals surface area (Å²) in [5, 5.41) is 0. The molecule has 0 aromatic heterocycles. The highest BCUT2D eigenvalue weighted by Crippen LogP contribution is 2.21. The van der Waals surface area contributed by atoms with Gasteiger partial charge in [-0.1, -0.05) is 132 Å². The van der Waals surface area contributed by atoms with Gasteiger partial charge in [-0.05, 0) is 56.7 Å². The summed E-state index contributed by atoms with van der Waals surface area (Å²) in [6.45, 7) is 4.17. The molecule has 0 spiro atoms. The summed E-state index contributed by atoms with van der Waals surface area (Å²) >= 11 is 0.